The first-order chi connectivity index (χ1) is 10.6. The second-order valence-electron chi connectivity index (χ2n) is 4.86. The van der Waals surface area contributed by atoms with E-state index in [1.54, 1.807) is 18.2 Å². The summed E-state index contributed by atoms with van der Waals surface area (Å²) in [6.45, 7) is 0.364. The van der Waals surface area contributed by atoms with Gasteiger partial charge in [-0.2, -0.15) is 0 Å². The number of hydrogen-bond acceptors (Lipinski definition) is 2. The Labute approximate surface area is 145 Å². The number of nitrogens with two attached hydrogens (primary N) is 1. The number of halogens is 2. The Bertz CT molecular complexity index is 771. The quantitative estimate of drug-likeness (QED) is 0.562. The molecule has 2 N–H and O–H groups in total. The summed E-state index contributed by atoms with van der Waals surface area (Å²) < 4.78 is 33.3. The molecule has 0 saturated carbocycles. The van der Waals surface area contributed by atoms with Crippen LogP contribution in [0.4, 0.5) is 14.5 Å². The fourth-order valence-electron chi connectivity index (χ4n) is 2.10. The Morgan fingerprint density at radius 2 is 1.61 bits per heavy atom. The van der Waals surface area contributed by atoms with E-state index in [0.29, 0.717) is 23.7 Å². The van der Waals surface area contributed by atoms with Crippen LogP contribution in [0.15, 0.2) is 60.9 Å². The molecule has 23 heavy (non-hydrogen) atoms. The summed E-state index contributed by atoms with van der Waals surface area (Å²) in [5.41, 5.74) is 7.92. The van der Waals surface area contributed by atoms with Crippen LogP contribution in [0, 0.1) is 11.6 Å². The Balaban J connectivity index is 0.00000192. The second kappa shape index (κ2) is 7.38. The largest absolute Gasteiger partial charge is 0.487 e. The molecule has 6 heteroatoms. The summed E-state index contributed by atoms with van der Waals surface area (Å²) in [5, 5.41) is 0. The van der Waals surface area contributed by atoms with Crippen molar-refractivity contribution < 1.29 is 33.0 Å². The smallest absolute Gasteiger partial charge is 0.176 e. The van der Waals surface area contributed by atoms with Crippen LogP contribution in [0.25, 0.3) is 5.69 Å². The molecule has 0 bridgehead atoms. The van der Waals surface area contributed by atoms with Crippen molar-refractivity contribution in [3.8, 4) is 11.4 Å². The van der Waals surface area contributed by atoms with Crippen LogP contribution in [-0.2, 0) is 26.1 Å². The third-order valence-corrected chi connectivity index (χ3v) is 3.27. The van der Waals surface area contributed by atoms with Crippen LogP contribution in [-0.4, -0.2) is 4.57 Å². The zero-order valence-electron chi connectivity index (χ0n) is 12.4. The molecule has 0 spiro atoms. The summed E-state index contributed by atoms with van der Waals surface area (Å²) in [6.07, 6.45) is 2.14. The Kier molecular flexibility index (Phi) is 5.51. The van der Waals surface area contributed by atoms with Crippen molar-refractivity contribution in [3.05, 3.63) is 78.1 Å². The first-order valence-electron chi connectivity index (χ1n) is 6.73. The van der Waals surface area contributed by atoms with Gasteiger partial charge in [0.1, 0.15) is 12.4 Å². The molecule has 114 valence electrons. The maximum Gasteiger partial charge on any atom is 0.176 e. The van der Waals surface area contributed by atoms with Crippen LogP contribution in [0.3, 0.4) is 0 Å². The average Bonchev–Trinajstić information content (AvgIpc) is 2.87. The molecule has 0 fully saturated rings. The molecule has 0 unspecified atom stereocenters. The van der Waals surface area contributed by atoms with Gasteiger partial charge in [0.25, 0.3) is 0 Å². The van der Waals surface area contributed by atoms with E-state index in [9.17, 15) is 8.78 Å². The summed E-state index contributed by atoms with van der Waals surface area (Å²) in [4.78, 5) is 0. The molecule has 0 aliphatic carbocycles. The molecule has 2 aromatic carbocycles. The van der Waals surface area contributed by atoms with E-state index in [4.69, 9.17) is 10.5 Å². The van der Waals surface area contributed by atoms with E-state index >= 15 is 0 Å². The maximum atomic E-state index is 13.1. The number of hydrogen-bond donors (Lipinski definition) is 1. The van der Waals surface area contributed by atoms with E-state index in [1.807, 2.05) is 30.3 Å². The van der Waals surface area contributed by atoms with Gasteiger partial charge in [0.05, 0.1) is 5.69 Å². The minimum atomic E-state index is -0.899. The van der Waals surface area contributed by atoms with Gasteiger partial charge in [0.2, 0.25) is 0 Å². The van der Waals surface area contributed by atoms with Crippen molar-refractivity contribution in [2.75, 3.05) is 5.73 Å². The maximum absolute atomic E-state index is 13.1. The molecule has 3 aromatic rings. The number of anilines is 1. The van der Waals surface area contributed by atoms with Crippen molar-refractivity contribution in [1.29, 1.82) is 0 Å². The molecule has 3 nitrogen and oxygen atoms in total. The molecule has 1 aromatic heterocycles. The number of benzene rings is 2. The van der Waals surface area contributed by atoms with Gasteiger partial charge in [0.15, 0.2) is 11.6 Å². The molecular formula is C17H14F2N2OZn. The Morgan fingerprint density at radius 3 is 2.26 bits per heavy atom. The van der Waals surface area contributed by atoms with Crippen molar-refractivity contribution in [2.45, 2.75) is 6.61 Å². The van der Waals surface area contributed by atoms with Crippen LogP contribution in [0.2, 0.25) is 0 Å². The third-order valence-electron chi connectivity index (χ3n) is 3.27. The summed E-state index contributed by atoms with van der Waals surface area (Å²) in [7, 11) is 0. The topological polar surface area (TPSA) is 40.2 Å². The average molecular weight is 366 g/mol. The van der Waals surface area contributed by atoms with Crippen molar-refractivity contribution in [1.82, 2.24) is 4.57 Å². The molecule has 3 rings (SSSR count). The molecule has 1 heterocycles. The normalized spacial score (nSPS) is 10.2. The number of nitrogens with zero attached hydrogens (tertiary/aromatic N) is 1. The summed E-state index contributed by atoms with van der Waals surface area (Å²) in [5.74, 6) is -1.33. The van der Waals surface area contributed by atoms with Gasteiger partial charge >= 0.3 is 0 Å². The first-order valence-corrected chi connectivity index (χ1v) is 6.73. The van der Waals surface area contributed by atoms with Crippen molar-refractivity contribution in [3.63, 3.8) is 0 Å². The SMILES string of the molecule is Nc1ccc(-n2cc(F)c(F)c2)cc1OCc1ccccc1.[Zn]. The summed E-state index contributed by atoms with van der Waals surface area (Å²) in [6, 6.07) is 14.6. The minimum Gasteiger partial charge on any atom is -0.487 e. The number of aromatic nitrogens is 1. The fourth-order valence-corrected chi connectivity index (χ4v) is 2.10. The zero-order chi connectivity index (χ0) is 15.5. The second-order valence-corrected chi connectivity index (χ2v) is 4.86. The van der Waals surface area contributed by atoms with E-state index in [1.165, 1.54) is 4.57 Å². The summed E-state index contributed by atoms with van der Waals surface area (Å²) >= 11 is 0. The van der Waals surface area contributed by atoms with Crippen LogP contribution >= 0.6 is 0 Å². The van der Waals surface area contributed by atoms with E-state index in [-0.39, 0.29) is 19.5 Å². The fraction of sp³-hybridized carbons (Fsp3) is 0.0588. The predicted molar refractivity (Wildman–Crippen MR) is 80.9 cm³/mol. The van der Waals surface area contributed by atoms with Gasteiger partial charge in [-0.3, -0.25) is 0 Å². The van der Waals surface area contributed by atoms with Crippen molar-refractivity contribution in [2.24, 2.45) is 0 Å². The molecule has 0 aliphatic rings. The monoisotopic (exact) mass is 364 g/mol. The first kappa shape index (κ1) is 17.2. The van der Waals surface area contributed by atoms with Crippen LogP contribution < -0.4 is 10.5 Å². The van der Waals surface area contributed by atoms with Gasteiger partial charge in [0, 0.05) is 43.6 Å². The van der Waals surface area contributed by atoms with Gasteiger partial charge in [-0.15, -0.1) is 0 Å². The van der Waals surface area contributed by atoms with Crippen molar-refractivity contribution >= 4 is 5.69 Å². The minimum absolute atomic E-state index is 0. The van der Waals surface area contributed by atoms with Crippen LogP contribution in [0.5, 0.6) is 5.75 Å². The molecule has 0 atom stereocenters. The molecule has 0 radical (unpaired) electrons. The van der Waals surface area contributed by atoms with E-state index in [0.717, 1.165) is 18.0 Å². The molecule has 0 amide bonds. The zero-order valence-corrected chi connectivity index (χ0v) is 15.3. The van der Waals surface area contributed by atoms with Gasteiger partial charge in [-0.1, -0.05) is 30.3 Å². The molecule has 0 saturated heterocycles. The standard InChI is InChI=1S/C17H14F2N2O.Zn/c18-14-9-21(10-15(14)19)13-6-7-16(20)17(8-13)22-11-12-4-2-1-3-5-12;/h1-10H,11,20H2;. The molecule has 0 aliphatic heterocycles. The van der Waals surface area contributed by atoms with Gasteiger partial charge in [-0.25, -0.2) is 8.78 Å². The number of rotatable bonds is 4. The van der Waals surface area contributed by atoms with E-state index < -0.39 is 11.6 Å². The van der Waals surface area contributed by atoms with Gasteiger partial charge < -0.3 is 15.0 Å². The third kappa shape index (κ3) is 3.96. The Morgan fingerprint density at radius 1 is 0.957 bits per heavy atom. The predicted octanol–water partition coefficient (Wildman–Crippen LogP) is 3.91. The van der Waals surface area contributed by atoms with E-state index in [2.05, 4.69) is 0 Å². The van der Waals surface area contributed by atoms with Gasteiger partial charge in [-0.05, 0) is 17.7 Å². The number of ether oxygens (including phenoxy) is 1. The number of nitrogen functional groups attached to an aromatic ring is 1. The molecular weight excluding hydrogens is 352 g/mol. The Hall–Kier alpha value is -2.20. The van der Waals surface area contributed by atoms with Crippen LogP contribution in [0.1, 0.15) is 5.56 Å².